The Kier molecular flexibility index (Phi) is 4.96. The maximum atomic E-state index is 10.3. The van der Waals surface area contributed by atoms with Crippen LogP contribution in [0.4, 0.5) is 0 Å². The molecule has 6 heteroatoms. The first-order valence-electron chi connectivity index (χ1n) is 11.0. The van der Waals surface area contributed by atoms with Crippen molar-refractivity contribution in [2.75, 3.05) is 13.1 Å². The van der Waals surface area contributed by atoms with Crippen LogP contribution in [0.1, 0.15) is 35.8 Å². The molecule has 0 bridgehead atoms. The Labute approximate surface area is 190 Å². The fourth-order valence-electron chi connectivity index (χ4n) is 4.84. The fraction of sp³-hybridized carbons (Fsp3) is 0.269. The van der Waals surface area contributed by atoms with E-state index >= 15 is 0 Å². The van der Waals surface area contributed by atoms with Gasteiger partial charge in [-0.2, -0.15) is 0 Å². The van der Waals surface area contributed by atoms with Gasteiger partial charge in [-0.1, -0.05) is 59.9 Å². The van der Waals surface area contributed by atoms with Crippen molar-refractivity contribution in [3.05, 3.63) is 89.5 Å². The molecule has 1 N–H and O–H groups in total. The molecule has 1 spiro atoms. The Hall–Kier alpha value is -2.77. The van der Waals surface area contributed by atoms with Crippen LogP contribution in [0, 0.1) is 0 Å². The summed E-state index contributed by atoms with van der Waals surface area (Å²) in [6, 6.07) is 24.4. The summed E-state index contributed by atoms with van der Waals surface area (Å²) in [5.41, 5.74) is 3.95. The van der Waals surface area contributed by atoms with Gasteiger partial charge in [-0.05, 0) is 48.2 Å². The van der Waals surface area contributed by atoms with Crippen LogP contribution >= 0.6 is 11.3 Å². The molecule has 1 saturated heterocycles. The van der Waals surface area contributed by atoms with Crippen LogP contribution in [0.2, 0.25) is 0 Å². The van der Waals surface area contributed by atoms with E-state index in [2.05, 4.69) is 34.1 Å². The lowest BCUT2D eigenvalue weighted by Gasteiger charge is -2.39. The zero-order valence-corrected chi connectivity index (χ0v) is 18.4. The third-order valence-electron chi connectivity index (χ3n) is 6.53. The highest BCUT2D eigenvalue weighted by molar-refractivity contribution is 7.20. The van der Waals surface area contributed by atoms with E-state index in [-0.39, 0.29) is 5.60 Å². The van der Waals surface area contributed by atoms with Gasteiger partial charge in [0.05, 0.1) is 15.8 Å². The molecule has 0 amide bonds. The Bertz CT molecular complexity index is 1210. The van der Waals surface area contributed by atoms with Crippen LogP contribution in [0.15, 0.2) is 72.8 Å². The van der Waals surface area contributed by atoms with Gasteiger partial charge in [0.15, 0.2) is 6.29 Å². The number of ether oxygens (including phenoxy) is 2. The third-order valence-corrected chi connectivity index (χ3v) is 7.44. The molecule has 5 nitrogen and oxygen atoms in total. The van der Waals surface area contributed by atoms with Gasteiger partial charge in [0, 0.05) is 25.2 Å². The standard InChI is InChI=1S/C26H24N2O3S/c29-24-20-5-1-2-6-21(20)26(31-24)13-15-28(16-14-26)17-18-9-11-19(12-10-18)30-25-27-22-7-3-4-8-23(22)32-25/h1-12,24,29H,13-17H2. The van der Waals surface area contributed by atoms with Gasteiger partial charge >= 0.3 is 0 Å². The van der Waals surface area contributed by atoms with Crippen molar-refractivity contribution in [1.29, 1.82) is 0 Å². The van der Waals surface area contributed by atoms with Crippen molar-refractivity contribution in [2.45, 2.75) is 31.3 Å². The van der Waals surface area contributed by atoms with Gasteiger partial charge in [-0.25, -0.2) is 4.98 Å². The number of piperidine rings is 1. The van der Waals surface area contributed by atoms with Crippen molar-refractivity contribution >= 4 is 21.6 Å². The van der Waals surface area contributed by atoms with Gasteiger partial charge in [-0.15, -0.1) is 0 Å². The van der Waals surface area contributed by atoms with E-state index in [0.29, 0.717) is 5.19 Å². The molecule has 3 aromatic carbocycles. The topological polar surface area (TPSA) is 54.8 Å². The van der Waals surface area contributed by atoms with Crippen molar-refractivity contribution in [3.63, 3.8) is 0 Å². The molecule has 1 unspecified atom stereocenters. The molecular weight excluding hydrogens is 420 g/mol. The number of hydrogen-bond donors (Lipinski definition) is 1. The van der Waals surface area contributed by atoms with Crippen LogP contribution in [-0.2, 0) is 16.9 Å². The van der Waals surface area contributed by atoms with Gasteiger partial charge in [0.25, 0.3) is 5.19 Å². The van der Waals surface area contributed by atoms with E-state index in [1.165, 1.54) is 5.56 Å². The molecule has 6 rings (SSSR count). The lowest BCUT2D eigenvalue weighted by molar-refractivity contribution is -0.189. The summed E-state index contributed by atoms with van der Waals surface area (Å²) >= 11 is 1.56. The number of likely N-dealkylation sites (tertiary alicyclic amines) is 1. The summed E-state index contributed by atoms with van der Waals surface area (Å²) in [6.45, 7) is 2.76. The number of hydrogen-bond acceptors (Lipinski definition) is 6. The second kappa shape index (κ2) is 7.98. The smallest absolute Gasteiger partial charge is 0.279 e. The molecule has 1 aromatic heterocycles. The first-order valence-corrected chi connectivity index (χ1v) is 11.8. The van der Waals surface area contributed by atoms with Crippen LogP contribution in [0.5, 0.6) is 10.9 Å². The van der Waals surface area contributed by atoms with Crippen LogP contribution in [-0.4, -0.2) is 28.1 Å². The van der Waals surface area contributed by atoms with Gasteiger partial charge in [-0.3, -0.25) is 4.90 Å². The molecule has 162 valence electrons. The van der Waals surface area contributed by atoms with E-state index in [4.69, 9.17) is 9.47 Å². The average Bonchev–Trinajstić information content (AvgIpc) is 3.35. The van der Waals surface area contributed by atoms with Gasteiger partial charge in [0.2, 0.25) is 0 Å². The average molecular weight is 445 g/mol. The van der Waals surface area contributed by atoms with Crippen molar-refractivity contribution < 1.29 is 14.6 Å². The van der Waals surface area contributed by atoms with Crippen LogP contribution in [0.25, 0.3) is 10.2 Å². The molecule has 0 aliphatic carbocycles. The molecule has 0 radical (unpaired) electrons. The first kappa shape index (κ1) is 19.9. The Morgan fingerprint density at radius 3 is 2.56 bits per heavy atom. The molecule has 1 atom stereocenters. The molecule has 0 saturated carbocycles. The minimum absolute atomic E-state index is 0.346. The second-order valence-corrected chi connectivity index (χ2v) is 9.51. The van der Waals surface area contributed by atoms with Crippen molar-refractivity contribution in [3.8, 4) is 10.9 Å². The number of para-hydroxylation sites is 1. The van der Waals surface area contributed by atoms with Crippen molar-refractivity contribution in [2.24, 2.45) is 0 Å². The van der Waals surface area contributed by atoms with E-state index < -0.39 is 6.29 Å². The fourth-order valence-corrected chi connectivity index (χ4v) is 5.68. The predicted molar refractivity (Wildman–Crippen MR) is 125 cm³/mol. The Morgan fingerprint density at radius 1 is 1.00 bits per heavy atom. The number of benzene rings is 3. The predicted octanol–water partition coefficient (Wildman–Crippen LogP) is 5.60. The quantitative estimate of drug-likeness (QED) is 0.444. The highest BCUT2D eigenvalue weighted by atomic mass is 32.1. The molecule has 1 fully saturated rings. The van der Waals surface area contributed by atoms with Crippen LogP contribution in [0.3, 0.4) is 0 Å². The number of thiazole rings is 1. The van der Waals surface area contributed by atoms with E-state index in [1.54, 1.807) is 11.3 Å². The van der Waals surface area contributed by atoms with Crippen molar-refractivity contribution in [1.82, 2.24) is 9.88 Å². The van der Waals surface area contributed by atoms with Gasteiger partial charge < -0.3 is 14.6 Å². The number of aliphatic hydroxyl groups excluding tert-OH is 1. The summed E-state index contributed by atoms with van der Waals surface area (Å²) in [6.07, 6.45) is 0.973. The van der Waals surface area contributed by atoms with E-state index in [9.17, 15) is 5.11 Å². The summed E-state index contributed by atoms with van der Waals surface area (Å²) in [4.78, 5) is 6.99. The summed E-state index contributed by atoms with van der Waals surface area (Å²) in [5.74, 6) is 0.801. The zero-order valence-electron chi connectivity index (χ0n) is 17.6. The van der Waals surface area contributed by atoms with Gasteiger partial charge in [0.1, 0.15) is 5.75 Å². The molecule has 32 heavy (non-hydrogen) atoms. The maximum absolute atomic E-state index is 10.3. The number of rotatable bonds is 4. The number of fused-ring (bicyclic) bond motifs is 3. The monoisotopic (exact) mass is 444 g/mol. The highest BCUT2D eigenvalue weighted by Crippen LogP contribution is 2.48. The second-order valence-electron chi connectivity index (χ2n) is 8.52. The normalized spacial score (nSPS) is 20.0. The number of aromatic nitrogens is 1. The number of aliphatic hydroxyl groups is 1. The highest BCUT2D eigenvalue weighted by Gasteiger charge is 2.46. The minimum Gasteiger partial charge on any atom is -0.431 e. The minimum atomic E-state index is -0.805. The number of nitrogens with zero attached hydrogens (tertiary/aromatic N) is 2. The Balaban J connectivity index is 1.09. The maximum Gasteiger partial charge on any atom is 0.279 e. The largest absolute Gasteiger partial charge is 0.431 e. The summed E-state index contributed by atoms with van der Waals surface area (Å²) in [5, 5.41) is 11.0. The van der Waals surface area contributed by atoms with Crippen LogP contribution < -0.4 is 4.74 Å². The third kappa shape index (κ3) is 3.59. The summed E-state index contributed by atoms with van der Waals surface area (Å²) in [7, 11) is 0. The molecule has 4 aromatic rings. The molecule has 2 aliphatic heterocycles. The Morgan fingerprint density at radius 2 is 1.75 bits per heavy atom. The lowest BCUT2D eigenvalue weighted by atomic mass is 9.83. The SMILES string of the molecule is OC1OC2(CCN(Cc3ccc(Oc4nc5ccccc5s4)cc3)CC2)c2ccccc21. The summed E-state index contributed by atoms with van der Waals surface area (Å²) < 4.78 is 13.2. The lowest BCUT2D eigenvalue weighted by Crippen LogP contribution is -2.42. The molecule has 3 heterocycles. The van der Waals surface area contributed by atoms with E-state index in [1.807, 2.05) is 48.5 Å². The molecule has 2 aliphatic rings. The first-order chi connectivity index (χ1) is 15.7. The zero-order chi connectivity index (χ0) is 21.5. The molecular formula is C26H24N2O3S. The van der Waals surface area contributed by atoms with E-state index in [0.717, 1.165) is 59.6 Å².